The van der Waals surface area contributed by atoms with E-state index in [0.29, 0.717) is 9.21 Å². The molecule has 0 aromatic carbocycles. The molecule has 0 radical (unpaired) electrons. The second kappa shape index (κ2) is 8.49. The molecule has 1 fully saturated rings. The maximum absolute atomic E-state index is 12.5. The highest BCUT2D eigenvalue weighted by molar-refractivity contribution is 7.18. The minimum atomic E-state index is -2.64. The van der Waals surface area contributed by atoms with Crippen molar-refractivity contribution in [1.82, 2.24) is 10.2 Å². The van der Waals surface area contributed by atoms with Crippen LogP contribution in [-0.4, -0.2) is 60.8 Å². The van der Waals surface area contributed by atoms with Gasteiger partial charge in [-0.15, -0.1) is 11.3 Å². The smallest absolute Gasteiger partial charge is 0.410 e. The van der Waals surface area contributed by atoms with E-state index in [0.717, 1.165) is 11.3 Å². The Morgan fingerprint density at radius 2 is 2.08 bits per heavy atom. The number of nitrogens with zero attached hydrogens (tertiary/aromatic N) is 1. The highest BCUT2D eigenvalue weighted by atomic mass is 35.5. The van der Waals surface area contributed by atoms with Crippen molar-refractivity contribution in [3.8, 4) is 0 Å². The van der Waals surface area contributed by atoms with Gasteiger partial charge in [-0.25, -0.2) is 13.6 Å². The first-order chi connectivity index (χ1) is 12.0. The average Bonchev–Trinajstić information content (AvgIpc) is 3.10. The van der Waals surface area contributed by atoms with E-state index in [4.69, 9.17) is 21.1 Å². The Balaban J connectivity index is 2.04. The third-order valence-electron chi connectivity index (χ3n) is 3.47. The van der Waals surface area contributed by atoms with Crippen molar-refractivity contribution in [2.75, 3.05) is 19.7 Å². The Kier molecular flexibility index (Phi) is 6.81. The molecule has 1 aromatic heterocycles. The minimum Gasteiger partial charge on any atom is -0.444 e. The van der Waals surface area contributed by atoms with Crippen LogP contribution < -0.4 is 5.32 Å². The summed E-state index contributed by atoms with van der Waals surface area (Å²) in [7, 11) is 0. The molecule has 146 valence electrons. The van der Waals surface area contributed by atoms with Crippen LogP contribution >= 0.6 is 22.9 Å². The van der Waals surface area contributed by atoms with Gasteiger partial charge in [0, 0.05) is 6.54 Å². The molecule has 0 aliphatic carbocycles. The first kappa shape index (κ1) is 20.9. The number of hydrogen-bond donors (Lipinski definition) is 1. The van der Waals surface area contributed by atoms with E-state index in [-0.39, 0.29) is 13.1 Å². The lowest BCUT2D eigenvalue weighted by molar-refractivity contribution is -0.0280. The molecule has 2 heterocycles. The van der Waals surface area contributed by atoms with Crippen LogP contribution in [0.1, 0.15) is 30.4 Å². The molecule has 0 saturated carbocycles. The summed E-state index contributed by atoms with van der Waals surface area (Å²) in [5, 5.41) is 2.72. The number of thiophene rings is 1. The van der Waals surface area contributed by atoms with Crippen LogP contribution in [0, 0.1) is 0 Å². The zero-order valence-electron chi connectivity index (χ0n) is 14.6. The van der Waals surface area contributed by atoms with Crippen LogP contribution in [0.25, 0.3) is 0 Å². The van der Waals surface area contributed by atoms with Crippen molar-refractivity contribution in [1.29, 1.82) is 0 Å². The van der Waals surface area contributed by atoms with E-state index >= 15 is 0 Å². The summed E-state index contributed by atoms with van der Waals surface area (Å²) in [5.74, 6) is -0.399. The SMILES string of the molecule is CC(C)(C)OC(=O)N1CC(NC(=O)c2ccc(Cl)s2)C(OCC(F)F)C1. The summed E-state index contributed by atoms with van der Waals surface area (Å²) in [6, 6.07) is 2.53. The van der Waals surface area contributed by atoms with Crippen LogP contribution in [0.15, 0.2) is 12.1 Å². The lowest BCUT2D eigenvalue weighted by atomic mass is 10.2. The van der Waals surface area contributed by atoms with Crippen LogP contribution in [0.2, 0.25) is 4.34 Å². The van der Waals surface area contributed by atoms with Crippen LogP contribution in [0.5, 0.6) is 0 Å². The van der Waals surface area contributed by atoms with Crippen molar-refractivity contribution in [3.05, 3.63) is 21.3 Å². The molecule has 1 aromatic rings. The van der Waals surface area contributed by atoms with Gasteiger partial charge in [0.1, 0.15) is 12.2 Å². The number of carbonyl (C=O) groups excluding carboxylic acids is 2. The largest absolute Gasteiger partial charge is 0.444 e. The fourth-order valence-corrected chi connectivity index (χ4v) is 3.38. The second-order valence-electron chi connectivity index (χ2n) is 6.83. The number of nitrogens with one attached hydrogen (secondary N) is 1. The van der Waals surface area contributed by atoms with Gasteiger partial charge in [0.2, 0.25) is 0 Å². The summed E-state index contributed by atoms with van der Waals surface area (Å²) >= 11 is 6.92. The molecule has 1 saturated heterocycles. The molecule has 2 unspecified atom stereocenters. The molecule has 10 heteroatoms. The molecular weight excluding hydrogens is 390 g/mol. The molecule has 1 N–H and O–H groups in total. The maximum atomic E-state index is 12.5. The van der Waals surface area contributed by atoms with Gasteiger partial charge in [-0.2, -0.15) is 0 Å². The number of alkyl halides is 2. The number of hydrogen-bond acceptors (Lipinski definition) is 5. The number of amides is 2. The number of halogens is 3. The van der Waals surface area contributed by atoms with Gasteiger partial charge in [0.25, 0.3) is 12.3 Å². The molecular formula is C16H21ClF2N2O4S. The standard InChI is InChI=1S/C16H21ClF2N2O4S/c1-16(2,3)25-15(23)21-6-9(10(7-21)24-8-13(18)19)20-14(22)11-4-5-12(17)26-11/h4-5,9-10,13H,6-8H2,1-3H3,(H,20,22). The minimum absolute atomic E-state index is 0.0533. The molecule has 0 bridgehead atoms. The summed E-state index contributed by atoms with van der Waals surface area (Å²) < 4.78 is 35.9. The van der Waals surface area contributed by atoms with Crippen LogP contribution in [0.4, 0.5) is 13.6 Å². The molecule has 2 amide bonds. The van der Waals surface area contributed by atoms with Crippen molar-refractivity contribution in [3.63, 3.8) is 0 Å². The fourth-order valence-electron chi connectivity index (χ4n) is 2.43. The van der Waals surface area contributed by atoms with Gasteiger partial charge in [0.15, 0.2) is 0 Å². The number of rotatable bonds is 5. The van der Waals surface area contributed by atoms with Crippen molar-refractivity contribution in [2.24, 2.45) is 0 Å². The van der Waals surface area contributed by atoms with Crippen molar-refractivity contribution in [2.45, 2.75) is 44.9 Å². The Labute approximate surface area is 159 Å². The monoisotopic (exact) mass is 410 g/mol. The summed E-state index contributed by atoms with van der Waals surface area (Å²) in [6.45, 7) is 4.57. The molecule has 2 rings (SSSR count). The molecule has 6 nitrogen and oxygen atoms in total. The predicted octanol–water partition coefficient (Wildman–Crippen LogP) is 3.40. The number of likely N-dealkylation sites (tertiary alicyclic amines) is 1. The quantitative estimate of drug-likeness (QED) is 0.807. The number of carbonyl (C=O) groups is 2. The predicted molar refractivity (Wildman–Crippen MR) is 94.1 cm³/mol. The maximum Gasteiger partial charge on any atom is 0.410 e. The van der Waals surface area contributed by atoms with E-state index < -0.39 is 42.8 Å². The van der Waals surface area contributed by atoms with Crippen molar-refractivity contribution >= 4 is 34.9 Å². The Morgan fingerprint density at radius 3 is 2.62 bits per heavy atom. The highest BCUT2D eigenvalue weighted by Crippen LogP contribution is 2.23. The van der Waals surface area contributed by atoms with Crippen molar-refractivity contribution < 1.29 is 27.8 Å². The third kappa shape index (κ3) is 6.07. The van der Waals surface area contributed by atoms with Crippen LogP contribution in [-0.2, 0) is 9.47 Å². The fraction of sp³-hybridized carbons (Fsp3) is 0.625. The summed E-state index contributed by atoms with van der Waals surface area (Å²) in [4.78, 5) is 26.3. The molecule has 1 aliphatic rings. The first-order valence-corrected chi connectivity index (χ1v) is 9.18. The van der Waals surface area contributed by atoms with Gasteiger partial charge in [0.05, 0.1) is 27.9 Å². The Bertz CT molecular complexity index is 650. The first-order valence-electron chi connectivity index (χ1n) is 7.99. The zero-order valence-corrected chi connectivity index (χ0v) is 16.2. The molecule has 2 atom stereocenters. The van der Waals surface area contributed by atoms with Crippen LogP contribution in [0.3, 0.4) is 0 Å². The van der Waals surface area contributed by atoms with Gasteiger partial charge < -0.3 is 19.7 Å². The Morgan fingerprint density at radius 1 is 1.38 bits per heavy atom. The van der Waals surface area contributed by atoms with E-state index in [2.05, 4.69) is 5.32 Å². The van der Waals surface area contributed by atoms with Gasteiger partial charge >= 0.3 is 6.09 Å². The van der Waals surface area contributed by atoms with E-state index in [1.807, 2.05) is 0 Å². The lowest BCUT2D eigenvalue weighted by Crippen LogP contribution is -2.44. The normalized spacial score (nSPS) is 20.5. The number of ether oxygens (including phenoxy) is 2. The molecule has 26 heavy (non-hydrogen) atoms. The average molecular weight is 411 g/mol. The highest BCUT2D eigenvalue weighted by Gasteiger charge is 2.39. The summed E-state index contributed by atoms with van der Waals surface area (Å²) in [6.07, 6.45) is -3.98. The molecule has 0 spiro atoms. The van der Waals surface area contributed by atoms with E-state index in [1.165, 1.54) is 4.90 Å². The molecule has 1 aliphatic heterocycles. The Hall–Kier alpha value is -1.45. The zero-order chi connectivity index (χ0) is 19.5. The van der Waals surface area contributed by atoms with E-state index in [1.54, 1.807) is 32.9 Å². The van der Waals surface area contributed by atoms with Gasteiger partial charge in [-0.05, 0) is 32.9 Å². The van der Waals surface area contributed by atoms with E-state index in [9.17, 15) is 18.4 Å². The lowest BCUT2D eigenvalue weighted by Gasteiger charge is -2.24. The van der Waals surface area contributed by atoms with Gasteiger partial charge in [-0.1, -0.05) is 11.6 Å². The third-order valence-corrected chi connectivity index (χ3v) is 4.70. The second-order valence-corrected chi connectivity index (χ2v) is 8.55. The van der Waals surface area contributed by atoms with Gasteiger partial charge in [-0.3, -0.25) is 4.79 Å². The topological polar surface area (TPSA) is 67.9 Å². The summed E-state index contributed by atoms with van der Waals surface area (Å²) in [5.41, 5.74) is -0.689.